The monoisotopic (exact) mass is 332 g/mol. The van der Waals surface area contributed by atoms with Gasteiger partial charge in [0.2, 0.25) is 24.1 Å². The number of likely N-dealkylation sites (tertiary alicyclic amines) is 2. The van der Waals surface area contributed by atoms with Crippen LogP contribution in [0.15, 0.2) is 12.2 Å². The summed E-state index contributed by atoms with van der Waals surface area (Å²) in [6.45, 7) is 0. The fourth-order valence-electron chi connectivity index (χ4n) is 4.34. The summed E-state index contributed by atoms with van der Waals surface area (Å²) in [5, 5.41) is 2.65. The Morgan fingerprint density at radius 1 is 0.917 bits per heavy atom. The van der Waals surface area contributed by atoms with Crippen molar-refractivity contribution >= 4 is 24.1 Å². The lowest BCUT2D eigenvalue weighted by Crippen LogP contribution is -2.46. The van der Waals surface area contributed by atoms with Gasteiger partial charge in [-0.2, -0.15) is 0 Å². The average Bonchev–Trinajstić information content (AvgIpc) is 3.42. The zero-order valence-electron chi connectivity index (χ0n) is 13.1. The highest BCUT2D eigenvalue weighted by atomic mass is 16.2. The van der Waals surface area contributed by atoms with Crippen LogP contribution in [-0.2, 0) is 19.2 Å². The summed E-state index contributed by atoms with van der Waals surface area (Å²) in [5.74, 6) is -0.313. The van der Waals surface area contributed by atoms with Crippen LogP contribution in [0.25, 0.3) is 0 Å². The molecule has 2 aliphatic carbocycles. The van der Waals surface area contributed by atoms with Gasteiger partial charge in [-0.25, -0.2) is 0 Å². The zero-order valence-corrected chi connectivity index (χ0v) is 13.1. The first-order valence-corrected chi connectivity index (χ1v) is 8.33. The molecule has 2 saturated heterocycles. The van der Waals surface area contributed by atoms with Gasteiger partial charge in [0, 0.05) is 24.2 Å². The second kappa shape index (κ2) is 5.32. The van der Waals surface area contributed by atoms with E-state index in [-0.39, 0.29) is 30.1 Å². The summed E-state index contributed by atoms with van der Waals surface area (Å²) < 4.78 is 0. The largest absolute Gasteiger partial charge is 0.368 e. The predicted octanol–water partition coefficient (Wildman–Crippen LogP) is -1.29. The van der Waals surface area contributed by atoms with Crippen LogP contribution in [0.5, 0.6) is 0 Å². The van der Waals surface area contributed by atoms with E-state index in [1.807, 2.05) is 0 Å². The van der Waals surface area contributed by atoms with Crippen LogP contribution >= 0.6 is 0 Å². The fourth-order valence-corrected chi connectivity index (χ4v) is 4.34. The summed E-state index contributed by atoms with van der Waals surface area (Å²) >= 11 is 0. The number of nitrogens with one attached hydrogen (secondary N) is 1. The number of rotatable bonds is 5. The standard InChI is InChI=1S/C16H20N4O4/c17-16(24)12-5-8-3-10(8)19(12)14(22)1-2-15(23)20-11-4-9(11)6-13(20)18-7-21/h1-2,7-13H,3-6H2,(H2,17,24)(H,18,21)/t8-,9-,10-,11-,12-,13-/m0/s1. The van der Waals surface area contributed by atoms with Gasteiger partial charge >= 0.3 is 0 Å². The van der Waals surface area contributed by atoms with Gasteiger partial charge in [-0.3, -0.25) is 19.2 Å². The minimum absolute atomic E-state index is 0.0822. The van der Waals surface area contributed by atoms with E-state index in [9.17, 15) is 19.2 Å². The van der Waals surface area contributed by atoms with Gasteiger partial charge in [-0.1, -0.05) is 0 Å². The zero-order chi connectivity index (χ0) is 17.0. The first kappa shape index (κ1) is 15.2. The SMILES string of the molecule is NC(=O)[C@@H]1C[C@@H]2C[C@@H]2N1C(=O)C=CC(=O)N1[C@H](NC=O)C[C@@H]2C[C@@H]21. The Labute approximate surface area is 139 Å². The number of hydrogen-bond acceptors (Lipinski definition) is 4. The molecule has 0 aromatic carbocycles. The lowest BCUT2D eigenvalue weighted by molar-refractivity contribution is -0.135. The van der Waals surface area contributed by atoms with Gasteiger partial charge in [0.1, 0.15) is 12.2 Å². The molecule has 0 bridgehead atoms. The van der Waals surface area contributed by atoms with E-state index in [1.54, 1.807) is 4.90 Å². The lowest BCUT2D eigenvalue weighted by atomic mass is 10.1. The maximum absolute atomic E-state index is 12.4. The van der Waals surface area contributed by atoms with Crippen LogP contribution in [0.2, 0.25) is 0 Å². The van der Waals surface area contributed by atoms with Gasteiger partial charge in [0.25, 0.3) is 0 Å². The van der Waals surface area contributed by atoms with E-state index in [1.165, 1.54) is 17.1 Å². The Morgan fingerprint density at radius 2 is 1.50 bits per heavy atom. The molecule has 0 unspecified atom stereocenters. The summed E-state index contributed by atoms with van der Waals surface area (Å²) in [7, 11) is 0. The average molecular weight is 332 g/mol. The first-order valence-electron chi connectivity index (χ1n) is 8.33. The molecule has 4 amide bonds. The van der Waals surface area contributed by atoms with Crippen LogP contribution < -0.4 is 11.1 Å². The molecule has 4 fully saturated rings. The van der Waals surface area contributed by atoms with Gasteiger partial charge in [-0.05, 0) is 37.5 Å². The quantitative estimate of drug-likeness (QED) is 0.482. The van der Waals surface area contributed by atoms with Gasteiger partial charge < -0.3 is 20.9 Å². The molecule has 0 aromatic rings. The molecule has 128 valence electrons. The molecule has 4 aliphatic rings. The second-order valence-corrected chi connectivity index (χ2v) is 7.14. The molecule has 2 heterocycles. The third-order valence-corrected chi connectivity index (χ3v) is 5.68. The van der Waals surface area contributed by atoms with Crippen molar-refractivity contribution in [3.63, 3.8) is 0 Å². The number of primary amides is 1. The van der Waals surface area contributed by atoms with Crippen LogP contribution in [0.3, 0.4) is 0 Å². The van der Waals surface area contributed by atoms with Crippen LogP contribution in [0.1, 0.15) is 25.7 Å². The topological polar surface area (TPSA) is 113 Å². The second-order valence-electron chi connectivity index (χ2n) is 7.14. The summed E-state index contributed by atoms with van der Waals surface area (Å²) in [6, 6.07) is -0.323. The highest BCUT2D eigenvalue weighted by Crippen LogP contribution is 2.48. The molecule has 4 rings (SSSR count). The molecular formula is C16H20N4O4. The van der Waals surface area contributed by atoms with Gasteiger partial charge in [0.05, 0.1) is 0 Å². The molecule has 0 aromatic heterocycles. The van der Waals surface area contributed by atoms with Crippen molar-refractivity contribution in [2.75, 3.05) is 0 Å². The van der Waals surface area contributed by atoms with Crippen molar-refractivity contribution in [1.29, 1.82) is 0 Å². The number of fused-ring (bicyclic) bond motifs is 2. The van der Waals surface area contributed by atoms with Gasteiger partial charge in [-0.15, -0.1) is 0 Å². The molecule has 3 N–H and O–H groups in total. The first-order chi connectivity index (χ1) is 11.5. The normalized spacial score (nSPS) is 38.7. The van der Waals surface area contributed by atoms with E-state index >= 15 is 0 Å². The number of nitrogens with zero attached hydrogens (tertiary/aromatic N) is 2. The third-order valence-electron chi connectivity index (χ3n) is 5.68. The van der Waals surface area contributed by atoms with Crippen molar-refractivity contribution in [3.8, 4) is 0 Å². The summed E-state index contributed by atoms with van der Waals surface area (Å²) in [5.41, 5.74) is 5.37. The minimum Gasteiger partial charge on any atom is -0.368 e. The maximum atomic E-state index is 12.4. The Kier molecular flexibility index (Phi) is 3.36. The fraction of sp³-hybridized carbons (Fsp3) is 0.625. The number of amides is 4. The molecule has 8 nitrogen and oxygen atoms in total. The van der Waals surface area contributed by atoms with E-state index in [4.69, 9.17) is 5.73 Å². The lowest BCUT2D eigenvalue weighted by Gasteiger charge is -2.26. The highest BCUT2D eigenvalue weighted by Gasteiger charge is 2.55. The van der Waals surface area contributed by atoms with Gasteiger partial charge in [0.15, 0.2) is 0 Å². The number of carbonyl (C=O) groups excluding carboxylic acids is 4. The summed E-state index contributed by atoms with van der Waals surface area (Å²) in [4.78, 5) is 50.1. The van der Waals surface area contributed by atoms with Crippen molar-refractivity contribution in [2.45, 2.75) is 50.0 Å². The Morgan fingerprint density at radius 3 is 2.12 bits per heavy atom. The molecule has 6 atom stereocenters. The van der Waals surface area contributed by atoms with Crippen molar-refractivity contribution in [3.05, 3.63) is 12.2 Å². The molecular weight excluding hydrogens is 312 g/mol. The molecule has 8 heteroatoms. The summed E-state index contributed by atoms with van der Waals surface area (Å²) in [6.07, 6.45) is 6.01. The van der Waals surface area contributed by atoms with E-state index in [0.717, 1.165) is 19.3 Å². The Balaban J connectivity index is 1.42. The molecule has 0 radical (unpaired) electrons. The smallest absolute Gasteiger partial charge is 0.248 e. The molecule has 2 saturated carbocycles. The van der Waals surface area contributed by atoms with E-state index < -0.39 is 11.9 Å². The Hall–Kier alpha value is -2.38. The third kappa shape index (κ3) is 2.37. The number of hydrogen-bond donors (Lipinski definition) is 2. The Bertz CT molecular complexity index is 648. The minimum atomic E-state index is -0.565. The van der Waals surface area contributed by atoms with E-state index in [2.05, 4.69) is 5.32 Å². The van der Waals surface area contributed by atoms with Crippen molar-refractivity contribution < 1.29 is 19.2 Å². The molecule has 24 heavy (non-hydrogen) atoms. The number of carbonyl (C=O) groups is 4. The number of piperidine rings is 2. The predicted molar refractivity (Wildman–Crippen MR) is 81.8 cm³/mol. The van der Waals surface area contributed by atoms with Crippen LogP contribution in [0.4, 0.5) is 0 Å². The van der Waals surface area contributed by atoms with Crippen molar-refractivity contribution in [1.82, 2.24) is 15.1 Å². The maximum Gasteiger partial charge on any atom is 0.248 e. The van der Waals surface area contributed by atoms with Crippen LogP contribution in [0, 0.1) is 11.8 Å². The number of nitrogens with two attached hydrogens (primary N) is 1. The highest BCUT2D eigenvalue weighted by molar-refractivity contribution is 5.99. The van der Waals surface area contributed by atoms with Crippen LogP contribution in [-0.4, -0.2) is 58.2 Å². The van der Waals surface area contributed by atoms with E-state index in [0.29, 0.717) is 24.7 Å². The molecule has 2 aliphatic heterocycles. The molecule has 0 spiro atoms. The van der Waals surface area contributed by atoms with Crippen molar-refractivity contribution in [2.24, 2.45) is 17.6 Å².